The normalized spacial score (nSPS) is 19.9. The summed E-state index contributed by atoms with van der Waals surface area (Å²) in [6.45, 7) is 0. The maximum absolute atomic E-state index is 7.40. The minimum atomic E-state index is 0.216. The van der Waals surface area contributed by atoms with E-state index < -0.39 is 0 Å². The van der Waals surface area contributed by atoms with Gasteiger partial charge in [-0.05, 0) is 30.0 Å². The number of hydrogen-bond donors (Lipinski definition) is 2. The van der Waals surface area contributed by atoms with Crippen molar-refractivity contribution < 1.29 is 0 Å². The van der Waals surface area contributed by atoms with Crippen molar-refractivity contribution >= 4 is 21.8 Å². The number of hydrogen-bond acceptors (Lipinski definition) is 1. The molecule has 2 rings (SSSR count). The maximum atomic E-state index is 7.40. The molecular weight excluding hydrogens is 228 g/mol. The van der Waals surface area contributed by atoms with Crippen LogP contribution >= 0.6 is 15.9 Å². The summed E-state index contributed by atoms with van der Waals surface area (Å²) in [6, 6.07) is 6.19. The number of rotatable bonds is 1. The number of amidine groups is 1. The molecule has 0 aromatic heterocycles. The first-order valence-corrected chi connectivity index (χ1v) is 5.08. The minimum absolute atomic E-state index is 0.216. The molecule has 0 radical (unpaired) electrons. The van der Waals surface area contributed by atoms with Gasteiger partial charge in [-0.1, -0.05) is 28.1 Å². The highest BCUT2D eigenvalue weighted by molar-refractivity contribution is 9.10. The summed E-state index contributed by atoms with van der Waals surface area (Å²) in [7, 11) is 0. The van der Waals surface area contributed by atoms with E-state index in [-0.39, 0.29) is 5.92 Å². The lowest BCUT2D eigenvalue weighted by Crippen LogP contribution is -2.22. The fourth-order valence-corrected chi connectivity index (χ4v) is 2.40. The summed E-state index contributed by atoms with van der Waals surface area (Å²) in [5, 5.41) is 7.40. The van der Waals surface area contributed by atoms with Crippen LogP contribution in [-0.4, -0.2) is 5.84 Å². The summed E-state index contributed by atoms with van der Waals surface area (Å²) in [6.07, 6.45) is 1.83. The Balaban J connectivity index is 2.35. The molecule has 3 heteroatoms. The van der Waals surface area contributed by atoms with Gasteiger partial charge in [-0.25, -0.2) is 0 Å². The number of nitrogens with two attached hydrogens (primary N) is 1. The van der Waals surface area contributed by atoms with Crippen molar-refractivity contribution in [2.75, 3.05) is 0 Å². The summed E-state index contributed by atoms with van der Waals surface area (Å²) >= 11 is 3.51. The van der Waals surface area contributed by atoms with E-state index in [2.05, 4.69) is 22.0 Å². The van der Waals surface area contributed by atoms with Gasteiger partial charge in [-0.2, -0.15) is 0 Å². The van der Waals surface area contributed by atoms with Crippen LogP contribution in [-0.2, 0) is 12.8 Å². The average molecular weight is 239 g/mol. The van der Waals surface area contributed by atoms with Crippen molar-refractivity contribution in [3.8, 4) is 0 Å². The van der Waals surface area contributed by atoms with E-state index in [0.29, 0.717) is 5.84 Å². The fraction of sp³-hybridized carbons (Fsp3) is 0.300. The molecule has 3 N–H and O–H groups in total. The van der Waals surface area contributed by atoms with E-state index >= 15 is 0 Å². The van der Waals surface area contributed by atoms with Crippen LogP contribution in [0.3, 0.4) is 0 Å². The van der Waals surface area contributed by atoms with Crippen LogP contribution in [0.4, 0.5) is 0 Å². The highest BCUT2D eigenvalue weighted by Crippen LogP contribution is 2.31. The molecule has 1 aromatic rings. The van der Waals surface area contributed by atoms with Crippen molar-refractivity contribution in [3.05, 3.63) is 33.8 Å². The van der Waals surface area contributed by atoms with Crippen molar-refractivity contribution in [1.82, 2.24) is 0 Å². The Morgan fingerprint density at radius 2 is 2.23 bits per heavy atom. The van der Waals surface area contributed by atoms with Gasteiger partial charge in [0.25, 0.3) is 0 Å². The quantitative estimate of drug-likeness (QED) is 0.572. The topological polar surface area (TPSA) is 49.9 Å². The Bertz CT molecular complexity index is 360. The van der Waals surface area contributed by atoms with Gasteiger partial charge in [0.05, 0.1) is 5.84 Å². The molecule has 0 spiro atoms. The lowest BCUT2D eigenvalue weighted by atomic mass is 10.1. The van der Waals surface area contributed by atoms with Crippen LogP contribution in [0, 0.1) is 11.3 Å². The number of benzene rings is 1. The van der Waals surface area contributed by atoms with Crippen molar-refractivity contribution in [2.24, 2.45) is 11.7 Å². The zero-order chi connectivity index (χ0) is 9.42. The molecule has 1 atom stereocenters. The first kappa shape index (κ1) is 8.75. The van der Waals surface area contributed by atoms with E-state index in [1.54, 1.807) is 0 Å². The van der Waals surface area contributed by atoms with Crippen LogP contribution in [0.5, 0.6) is 0 Å². The molecule has 2 nitrogen and oxygen atoms in total. The van der Waals surface area contributed by atoms with E-state index in [1.807, 2.05) is 12.1 Å². The Labute approximate surface area is 85.8 Å². The zero-order valence-electron chi connectivity index (χ0n) is 7.18. The molecule has 0 fully saturated rings. The molecule has 1 aromatic carbocycles. The predicted octanol–water partition coefficient (Wildman–Crippen LogP) is 2.10. The SMILES string of the molecule is N=C(N)C1Cc2cccc(Br)c2C1. The van der Waals surface area contributed by atoms with Gasteiger partial charge in [0, 0.05) is 10.4 Å². The molecule has 1 aliphatic carbocycles. The third-order valence-corrected chi connectivity index (χ3v) is 3.32. The second kappa shape index (κ2) is 3.14. The average Bonchev–Trinajstić information content (AvgIpc) is 2.49. The van der Waals surface area contributed by atoms with E-state index in [9.17, 15) is 0 Å². The highest BCUT2D eigenvalue weighted by Gasteiger charge is 2.24. The Hall–Kier alpha value is -0.830. The highest BCUT2D eigenvalue weighted by atomic mass is 79.9. The van der Waals surface area contributed by atoms with Crippen LogP contribution in [0.1, 0.15) is 11.1 Å². The first-order chi connectivity index (χ1) is 6.18. The molecule has 68 valence electrons. The van der Waals surface area contributed by atoms with Crippen LogP contribution in [0.15, 0.2) is 22.7 Å². The third-order valence-electron chi connectivity index (χ3n) is 2.57. The fourth-order valence-electron chi connectivity index (χ4n) is 1.83. The summed E-state index contributed by atoms with van der Waals surface area (Å²) in [4.78, 5) is 0. The lowest BCUT2D eigenvalue weighted by Gasteiger charge is -2.04. The standard InChI is InChI=1S/C10H11BrN2/c11-9-3-1-2-6-4-7(10(12)13)5-8(6)9/h1-3,7H,4-5H2,(H3,12,13). The van der Waals surface area contributed by atoms with Crippen LogP contribution in [0.25, 0.3) is 0 Å². The molecule has 0 heterocycles. The Morgan fingerprint density at radius 1 is 1.46 bits per heavy atom. The maximum Gasteiger partial charge on any atom is 0.0943 e. The Morgan fingerprint density at radius 3 is 2.85 bits per heavy atom. The molecule has 0 aliphatic heterocycles. The molecule has 0 amide bonds. The number of halogens is 1. The second-order valence-corrected chi connectivity index (χ2v) is 4.29. The van der Waals surface area contributed by atoms with Gasteiger partial charge in [0.15, 0.2) is 0 Å². The molecule has 1 unspecified atom stereocenters. The summed E-state index contributed by atoms with van der Waals surface area (Å²) in [5.41, 5.74) is 8.15. The van der Waals surface area contributed by atoms with Crippen molar-refractivity contribution in [2.45, 2.75) is 12.8 Å². The lowest BCUT2D eigenvalue weighted by molar-refractivity contribution is 0.735. The molecule has 0 bridgehead atoms. The number of nitrogens with one attached hydrogen (secondary N) is 1. The third kappa shape index (κ3) is 1.48. The second-order valence-electron chi connectivity index (χ2n) is 3.44. The Kier molecular flexibility index (Phi) is 2.12. The molecular formula is C10H11BrN2. The van der Waals surface area contributed by atoms with Crippen molar-refractivity contribution in [3.63, 3.8) is 0 Å². The minimum Gasteiger partial charge on any atom is -0.387 e. The summed E-state index contributed by atoms with van der Waals surface area (Å²) < 4.78 is 1.15. The monoisotopic (exact) mass is 238 g/mol. The summed E-state index contributed by atoms with van der Waals surface area (Å²) in [5.74, 6) is 0.525. The van der Waals surface area contributed by atoms with Crippen LogP contribution < -0.4 is 5.73 Å². The van der Waals surface area contributed by atoms with Gasteiger partial charge in [0.2, 0.25) is 0 Å². The molecule has 1 aliphatic rings. The van der Waals surface area contributed by atoms with Gasteiger partial charge < -0.3 is 5.73 Å². The molecule has 13 heavy (non-hydrogen) atoms. The van der Waals surface area contributed by atoms with Gasteiger partial charge >= 0.3 is 0 Å². The van der Waals surface area contributed by atoms with Crippen molar-refractivity contribution in [1.29, 1.82) is 5.41 Å². The smallest absolute Gasteiger partial charge is 0.0943 e. The first-order valence-electron chi connectivity index (χ1n) is 4.28. The largest absolute Gasteiger partial charge is 0.387 e. The van der Waals surface area contributed by atoms with Gasteiger partial charge in [-0.15, -0.1) is 0 Å². The van der Waals surface area contributed by atoms with Gasteiger partial charge in [0.1, 0.15) is 0 Å². The predicted molar refractivity (Wildman–Crippen MR) is 57.0 cm³/mol. The molecule has 0 saturated heterocycles. The van der Waals surface area contributed by atoms with Crippen LogP contribution in [0.2, 0.25) is 0 Å². The molecule has 0 saturated carbocycles. The zero-order valence-corrected chi connectivity index (χ0v) is 8.76. The van der Waals surface area contributed by atoms with E-state index in [1.165, 1.54) is 11.1 Å². The number of fused-ring (bicyclic) bond motifs is 1. The van der Waals surface area contributed by atoms with E-state index in [0.717, 1.165) is 17.3 Å². The van der Waals surface area contributed by atoms with E-state index in [4.69, 9.17) is 11.1 Å². The van der Waals surface area contributed by atoms with Gasteiger partial charge in [-0.3, -0.25) is 5.41 Å².